The smallest absolute Gasteiger partial charge is 0.453 e. The molecule has 3 rings (SSSR count). The molecule has 1 aromatic heterocycles. The van der Waals surface area contributed by atoms with E-state index in [0.717, 1.165) is 10.9 Å². The largest absolute Gasteiger partial charge is 0.497 e. The fraction of sp³-hybridized carbons (Fsp3) is 0.222. The van der Waals surface area contributed by atoms with Gasteiger partial charge in [0.25, 0.3) is 5.82 Å². The molecule has 0 aliphatic carbocycles. The molecule has 0 aliphatic heterocycles. The number of ether oxygens (including phenoxy) is 2. The zero-order chi connectivity index (χ0) is 21.4. The Labute approximate surface area is 164 Å². The third-order valence-corrected chi connectivity index (χ3v) is 5.11. The van der Waals surface area contributed by atoms with Crippen LogP contribution in [0.3, 0.4) is 0 Å². The van der Waals surface area contributed by atoms with Gasteiger partial charge >= 0.3 is 6.18 Å². The maximum Gasteiger partial charge on any atom is 0.453 e. The maximum absolute atomic E-state index is 13.3. The van der Waals surface area contributed by atoms with Crippen LogP contribution in [0, 0.1) is 0 Å². The highest BCUT2D eigenvalue weighted by molar-refractivity contribution is 7.90. The molecule has 2 aromatic carbocycles. The zero-order valence-electron chi connectivity index (χ0n) is 15.6. The second kappa shape index (κ2) is 7.39. The quantitative estimate of drug-likeness (QED) is 0.621. The number of hydrogen-bond acceptors (Lipinski definition) is 6. The lowest BCUT2D eigenvalue weighted by atomic mass is 10.2. The average Bonchev–Trinajstić information content (AvgIpc) is 3.13. The Bertz CT molecular complexity index is 1120. The van der Waals surface area contributed by atoms with Crippen molar-refractivity contribution in [3.63, 3.8) is 0 Å². The summed E-state index contributed by atoms with van der Waals surface area (Å²) in [6.45, 7) is 0. The molecular formula is C18H16F3N3O4S. The predicted molar refractivity (Wildman–Crippen MR) is 98.0 cm³/mol. The van der Waals surface area contributed by atoms with Crippen molar-refractivity contribution in [1.29, 1.82) is 0 Å². The minimum Gasteiger partial charge on any atom is -0.497 e. The van der Waals surface area contributed by atoms with Gasteiger partial charge in [-0.3, -0.25) is 0 Å². The summed E-state index contributed by atoms with van der Waals surface area (Å²) in [5, 5.41) is 3.58. The van der Waals surface area contributed by atoms with Crippen molar-refractivity contribution in [3.8, 4) is 28.6 Å². The topological polar surface area (TPSA) is 83.3 Å². The first-order valence-corrected chi connectivity index (χ1v) is 10.0. The van der Waals surface area contributed by atoms with Crippen LogP contribution in [0.1, 0.15) is 5.82 Å². The van der Waals surface area contributed by atoms with Gasteiger partial charge in [-0.25, -0.2) is 18.1 Å². The van der Waals surface area contributed by atoms with Gasteiger partial charge in [-0.05, 0) is 36.4 Å². The van der Waals surface area contributed by atoms with Crippen LogP contribution in [0.5, 0.6) is 11.5 Å². The average molecular weight is 427 g/mol. The fourth-order valence-corrected chi connectivity index (χ4v) is 3.20. The molecule has 0 fully saturated rings. The van der Waals surface area contributed by atoms with Gasteiger partial charge in [-0.2, -0.15) is 13.2 Å². The number of aromatic nitrogens is 3. The van der Waals surface area contributed by atoms with Crippen molar-refractivity contribution in [2.24, 2.45) is 0 Å². The van der Waals surface area contributed by atoms with Crippen LogP contribution < -0.4 is 9.47 Å². The number of hydrogen-bond donors (Lipinski definition) is 0. The summed E-state index contributed by atoms with van der Waals surface area (Å²) in [4.78, 5) is 3.68. The van der Waals surface area contributed by atoms with Crippen LogP contribution in [-0.4, -0.2) is 43.7 Å². The van der Waals surface area contributed by atoms with Crippen molar-refractivity contribution in [1.82, 2.24) is 14.8 Å². The van der Waals surface area contributed by atoms with E-state index in [1.807, 2.05) is 0 Å². The highest BCUT2D eigenvalue weighted by Gasteiger charge is 2.37. The lowest BCUT2D eigenvalue weighted by molar-refractivity contribution is -0.144. The molecule has 0 saturated carbocycles. The Hall–Kier alpha value is -3.08. The zero-order valence-corrected chi connectivity index (χ0v) is 16.4. The summed E-state index contributed by atoms with van der Waals surface area (Å²) in [5.41, 5.74) is 0.480. The van der Waals surface area contributed by atoms with E-state index in [9.17, 15) is 21.6 Å². The lowest BCUT2D eigenvalue weighted by Gasteiger charge is -2.10. The van der Waals surface area contributed by atoms with Crippen molar-refractivity contribution in [2.75, 3.05) is 20.5 Å². The lowest BCUT2D eigenvalue weighted by Crippen LogP contribution is -2.08. The minimum atomic E-state index is -4.77. The summed E-state index contributed by atoms with van der Waals surface area (Å²) >= 11 is 0. The molecule has 0 radical (unpaired) electrons. The molecule has 0 atom stereocenters. The van der Waals surface area contributed by atoms with Gasteiger partial charge < -0.3 is 9.47 Å². The number of benzene rings is 2. The number of rotatable bonds is 5. The number of halogens is 3. The number of alkyl halides is 3. The summed E-state index contributed by atoms with van der Waals surface area (Å²) in [6.07, 6.45) is -3.73. The van der Waals surface area contributed by atoms with Crippen LogP contribution in [0.4, 0.5) is 13.2 Å². The van der Waals surface area contributed by atoms with Gasteiger partial charge in [0.05, 0.1) is 24.8 Å². The van der Waals surface area contributed by atoms with E-state index in [2.05, 4.69) is 10.1 Å². The van der Waals surface area contributed by atoms with E-state index < -0.39 is 21.8 Å². The molecular weight excluding hydrogens is 411 g/mol. The molecule has 0 N–H and O–H groups in total. The van der Waals surface area contributed by atoms with E-state index >= 15 is 0 Å². The number of nitrogens with zero attached hydrogens (tertiary/aromatic N) is 3. The molecule has 29 heavy (non-hydrogen) atoms. The SMILES string of the molecule is COc1cc(OC)cc(-c2nc(C(F)(F)F)nn2-c2ccc(S(C)(=O)=O)cc2)c1. The predicted octanol–water partition coefficient (Wildman–Crippen LogP) is 3.37. The maximum atomic E-state index is 13.3. The van der Waals surface area contributed by atoms with Crippen LogP contribution in [0.2, 0.25) is 0 Å². The second-order valence-corrected chi connectivity index (χ2v) is 8.05. The van der Waals surface area contributed by atoms with Crippen LogP contribution in [-0.2, 0) is 16.0 Å². The molecule has 0 saturated heterocycles. The monoisotopic (exact) mass is 427 g/mol. The second-order valence-electron chi connectivity index (χ2n) is 6.04. The molecule has 154 valence electrons. The molecule has 7 nitrogen and oxygen atoms in total. The Morgan fingerprint density at radius 1 is 0.966 bits per heavy atom. The number of sulfone groups is 1. The highest BCUT2D eigenvalue weighted by atomic mass is 32.2. The number of methoxy groups -OCH3 is 2. The Balaban J connectivity index is 2.21. The van der Waals surface area contributed by atoms with Crippen LogP contribution >= 0.6 is 0 Å². The first-order chi connectivity index (χ1) is 13.5. The highest BCUT2D eigenvalue weighted by Crippen LogP contribution is 2.33. The molecule has 1 heterocycles. The van der Waals surface area contributed by atoms with Gasteiger partial charge in [0, 0.05) is 17.9 Å². The summed E-state index contributed by atoms with van der Waals surface area (Å²) < 4.78 is 74.4. The van der Waals surface area contributed by atoms with E-state index in [0.29, 0.717) is 11.5 Å². The van der Waals surface area contributed by atoms with Gasteiger partial charge in [-0.15, -0.1) is 5.10 Å². The first kappa shape index (κ1) is 20.6. The summed E-state index contributed by atoms with van der Waals surface area (Å²) in [7, 11) is -0.636. The Morgan fingerprint density at radius 3 is 1.97 bits per heavy atom. The van der Waals surface area contributed by atoms with E-state index in [-0.39, 0.29) is 22.0 Å². The molecule has 3 aromatic rings. The van der Waals surface area contributed by atoms with Gasteiger partial charge in [0.1, 0.15) is 11.5 Å². The normalized spacial score (nSPS) is 12.1. The van der Waals surface area contributed by atoms with Crippen molar-refractivity contribution in [3.05, 3.63) is 48.3 Å². The van der Waals surface area contributed by atoms with E-state index in [1.165, 1.54) is 50.6 Å². The van der Waals surface area contributed by atoms with Gasteiger partial charge in [0.2, 0.25) is 0 Å². The van der Waals surface area contributed by atoms with Crippen LogP contribution in [0.15, 0.2) is 47.4 Å². The van der Waals surface area contributed by atoms with Crippen molar-refractivity contribution < 1.29 is 31.1 Å². The van der Waals surface area contributed by atoms with Crippen molar-refractivity contribution >= 4 is 9.84 Å². The Kier molecular flexibility index (Phi) is 5.26. The first-order valence-electron chi connectivity index (χ1n) is 8.11. The molecule has 0 amide bonds. The third kappa shape index (κ3) is 4.34. The summed E-state index contributed by atoms with van der Waals surface area (Å²) in [5.74, 6) is -0.729. The minimum absolute atomic E-state index is 0.0296. The molecule has 11 heteroatoms. The Morgan fingerprint density at radius 2 is 1.52 bits per heavy atom. The molecule has 0 spiro atoms. The van der Waals surface area contributed by atoms with Crippen LogP contribution in [0.25, 0.3) is 17.1 Å². The van der Waals surface area contributed by atoms with Gasteiger partial charge in [-0.1, -0.05) is 0 Å². The van der Waals surface area contributed by atoms with Gasteiger partial charge in [0.15, 0.2) is 15.7 Å². The molecule has 0 bridgehead atoms. The standard InChI is InChI=1S/C18H16F3N3O4S/c1-27-13-8-11(9-14(10-13)28-2)16-22-17(18(19,20)21)23-24(16)12-4-6-15(7-5-12)29(3,25)26/h4-10H,1-3H3. The summed E-state index contributed by atoms with van der Waals surface area (Å²) in [6, 6.07) is 9.83. The third-order valence-electron chi connectivity index (χ3n) is 3.98. The fourth-order valence-electron chi connectivity index (χ4n) is 2.57. The van der Waals surface area contributed by atoms with E-state index in [4.69, 9.17) is 9.47 Å². The molecule has 0 unspecified atom stereocenters. The molecule has 0 aliphatic rings. The van der Waals surface area contributed by atoms with Crippen molar-refractivity contribution in [2.45, 2.75) is 11.1 Å². The van der Waals surface area contributed by atoms with E-state index in [1.54, 1.807) is 6.07 Å².